The molecule has 8 nitrogen and oxygen atoms in total. The fourth-order valence-electron chi connectivity index (χ4n) is 3.26. The Morgan fingerprint density at radius 3 is 2.53 bits per heavy atom. The first-order chi connectivity index (χ1) is 14.5. The predicted molar refractivity (Wildman–Crippen MR) is 115 cm³/mol. The lowest BCUT2D eigenvalue weighted by Crippen LogP contribution is -2.21. The van der Waals surface area contributed by atoms with Gasteiger partial charge in [0.2, 0.25) is 5.95 Å². The van der Waals surface area contributed by atoms with E-state index >= 15 is 0 Å². The van der Waals surface area contributed by atoms with Crippen LogP contribution < -0.4 is 14.8 Å². The minimum Gasteiger partial charge on any atom is -0.497 e. The molecule has 1 N–H and O–H groups in total. The Kier molecular flexibility index (Phi) is 5.45. The molecule has 1 aromatic heterocycles. The molecule has 9 heteroatoms. The maximum absolute atomic E-state index is 12.0. The van der Waals surface area contributed by atoms with Crippen LogP contribution in [0.3, 0.4) is 0 Å². The molecular weight excluding hydrogens is 452 g/mol. The van der Waals surface area contributed by atoms with E-state index in [9.17, 15) is 4.79 Å². The fourth-order valence-corrected chi connectivity index (χ4v) is 3.53. The number of aromatic nitrogens is 3. The van der Waals surface area contributed by atoms with Gasteiger partial charge in [-0.1, -0.05) is 28.1 Å². The van der Waals surface area contributed by atoms with E-state index in [4.69, 9.17) is 14.2 Å². The number of methoxy groups -OCH3 is 3. The van der Waals surface area contributed by atoms with Crippen molar-refractivity contribution in [1.82, 2.24) is 14.8 Å². The van der Waals surface area contributed by atoms with Crippen LogP contribution in [0.2, 0.25) is 0 Å². The van der Waals surface area contributed by atoms with Crippen molar-refractivity contribution < 1.29 is 19.0 Å². The first-order valence-corrected chi connectivity index (χ1v) is 9.85. The van der Waals surface area contributed by atoms with Gasteiger partial charge in [0.25, 0.3) is 5.82 Å². The van der Waals surface area contributed by atoms with Crippen LogP contribution in [-0.4, -0.2) is 42.1 Å². The van der Waals surface area contributed by atoms with Gasteiger partial charge in [-0.15, -0.1) is 5.10 Å². The third kappa shape index (κ3) is 3.63. The Hall–Kier alpha value is -3.33. The van der Waals surface area contributed by atoms with Crippen molar-refractivity contribution in [2.75, 3.05) is 26.6 Å². The van der Waals surface area contributed by atoms with Gasteiger partial charge in [-0.3, -0.25) is 0 Å². The number of carbonyl (C=O) groups excluding carboxylic acids is 1. The molecule has 0 radical (unpaired) electrons. The van der Waals surface area contributed by atoms with Gasteiger partial charge < -0.3 is 19.5 Å². The zero-order valence-electron chi connectivity index (χ0n) is 16.5. The number of benzene rings is 2. The fraction of sp³-hybridized carbons (Fsp3) is 0.190. The number of hydrogen-bond donors (Lipinski definition) is 1. The highest BCUT2D eigenvalue weighted by Crippen LogP contribution is 2.38. The summed E-state index contributed by atoms with van der Waals surface area (Å²) in [5.41, 5.74) is 2.60. The lowest BCUT2D eigenvalue weighted by atomic mass is 10.0. The molecule has 0 saturated heterocycles. The molecule has 0 amide bonds. The molecule has 1 atom stereocenters. The van der Waals surface area contributed by atoms with Gasteiger partial charge in [-0.2, -0.15) is 4.98 Å². The number of nitrogens with zero attached hydrogens (tertiary/aromatic N) is 3. The highest BCUT2D eigenvalue weighted by atomic mass is 79.9. The number of allylic oxidation sites excluding steroid dienone is 1. The van der Waals surface area contributed by atoms with E-state index in [0.717, 1.165) is 21.3 Å². The van der Waals surface area contributed by atoms with Crippen molar-refractivity contribution in [2.24, 2.45) is 0 Å². The molecule has 2 aromatic carbocycles. The molecule has 1 unspecified atom stereocenters. The molecule has 1 aliphatic rings. The Bertz CT molecular complexity index is 1120. The summed E-state index contributed by atoms with van der Waals surface area (Å²) in [6.45, 7) is 0. The van der Waals surface area contributed by atoms with Crippen LogP contribution in [0.5, 0.6) is 11.5 Å². The Balaban J connectivity index is 1.88. The Morgan fingerprint density at radius 2 is 1.87 bits per heavy atom. The molecule has 4 rings (SSSR count). The van der Waals surface area contributed by atoms with E-state index in [1.54, 1.807) is 18.9 Å². The smallest absolute Gasteiger partial charge is 0.378 e. The van der Waals surface area contributed by atoms with Gasteiger partial charge in [-0.25, -0.2) is 9.48 Å². The average Bonchev–Trinajstić information content (AvgIpc) is 3.22. The van der Waals surface area contributed by atoms with Crippen molar-refractivity contribution in [3.8, 4) is 11.5 Å². The second-order valence-corrected chi connectivity index (χ2v) is 7.38. The molecular formula is C21H19BrN4O4. The number of carbonyl (C=O) groups is 1. The maximum atomic E-state index is 12.0. The molecule has 0 saturated carbocycles. The quantitative estimate of drug-likeness (QED) is 0.565. The van der Waals surface area contributed by atoms with Gasteiger partial charge in [0, 0.05) is 15.7 Å². The van der Waals surface area contributed by atoms with Crippen LogP contribution in [0.25, 0.3) is 5.70 Å². The molecule has 154 valence electrons. The summed E-state index contributed by atoms with van der Waals surface area (Å²) in [6, 6.07) is 13.0. The summed E-state index contributed by atoms with van der Waals surface area (Å²) >= 11 is 3.46. The van der Waals surface area contributed by atoms with Crippen LogP contribution in [0, 0.1) is 0 Å². The third-order valence-electron chi connectivity index (χ3n) is 4.74. The van der Waals surface area contributed by atoms with Gasteiger partial charge in [0.05, 0.1) is 21.3 Å². The summed E-state index contributed by atoms with van der Waals surface area (Å²) in [7, 11) is 4.51. The number of hydrogen-bond acceptors (Lipinski definition) is 7. The van der Waals surface area contributed by atoms with Crippen LogP contribution in [0.4, 0.5) is 5.95 Å². The highest BCUT2D eigenvalue weighted by Gasteiger charge is 2.29. The van der Waals surface area contributed by atoms with E-state index in [-0.39, 0.29) is 5.82 Å². The molecule has 0 aliphatic carbocycles. The van der Waals surface area contributed by atoms with Gasteiger partial charge in [-0.05, 0) is 42.0 Å². The van der Waals surface area contributed by atoms with E-state index in [1.165, 1.54) is 7.11 Å². The number of anilines is 1. The molecule has 0 fully saturated rings. The predicted octanol–water partition coefficient (Wildman–Crippen LogP) is 3.90. The summed E-state index contributed by atoms with van der Waals surface area (Å²) in [5.74, 6) is 1.12. The second-order valence-electron chi connectivity index (χ2n) is 6.46. The van der Waals surface area contributed by atoms with Crippen LogP contribution in [0.15, 0.2) is 53.0 Å². The van der Waals surface area contributed by atoms with Crippen molar-refractivity contribution >= 4 is 33.5 Å². The number of esters is 1. The maximum Gasteiger partial charge on any atom is 0.378 e. The summed E-state index contributed by atoms with van der Waals surface area (Å²) in [4.78, 5) is 16.4. The first-order valence-electron chi connectivity index (χ1n) is 9.05. The normalized spacial score (nSPS) is 14.9. The zero-order chi connectivity index (χ0) is 21.3. The van der Waals surface area contributed by atoms with Gasteiger partial charge in [0.1, 0.15) is 17.5 Å². The Morgan fingerprint density at radius 1 is 1.10 bits per heavy atom. The topological polar surface area (TPSA) is 87.5 Å². The van der Waals surface area contributed by atoms with Crippen molar-refractivity contribution in [1.29, 1.82) is 0 Å². The van der Waals surface area contributed by atoms with E-state index in [1.807, 2.05) is 48.5 Å². The minimum absolute atomic E-state index is 0.0303. The van der Waals surface area contributed by atoms with Gasteiger partial charge in [0.15, 0.2) is 0 Å². The van der Waals surface area contributed by atoms with Gasteiger partial charge >= 0.3 is 5.97 Å². The first kappa shape index (κ1) is 20.0. The van der Waals surface area contributed by atoms with E-state index in [2.05, 4.69) is 31.3 Å². The zero-order valence-corrected chi connectivity index (χ0v) is 18.1. The van der Waals surface area contributed by atoms with Crippen LogP contribution in [0.1, 0.15) is 27.8 Å². The monoisotopic (exact) mass is 470 g/mol. The van der Waals surface area contributed by atoms with Crippen molar-refractivity contribution in [3.05, 3.63) is 70.0 Å². The minimum atomic E-state index is -0.611. The number of ether oxygens (including phenoxy) is 3. The molecule has 0 spiro atoms. The van der Waals surface area contributed by atoms with Crippen LogP contribution in [-0.2, 0) is 4.74 Å². The van der Waals surface area contributed by atoms with Crippen molar-refractivity contribution in [3.63, 3.8) is 0 Å². The number of nitrogens with one attached hydrogen (secondary N) is 1. The standard InChI is InChI=1S/C21H19BrN4O4/c1-28-14-8-9-18(29-2)15(10-14)17-11-16(12-4-6-13(22)7-5-12)23-21-24-19(20(27)30-3)25-26(17)21/h4-11,17H,1-3H3,(H,23,24,25). The van der Waals surface area contributed by atoms with E-state index in [0.29, 0.717) is 17.4 Å². The van der Waals surface area contributed by atoms with E-state index < -0.39 is 12.0 Å². The number of rotatable bonds is 5. The lowest BCUT2D eigenvalue weighted by Gasteiger charge is -2.25. The molecule has 1 aliphatic heterocycles. The summed E-state index contributed by atoms with van der Waals surface area (Å²) in [6.07, 6.45) is 2.00. The largest absolute Gasteiger partial charge is 0.497 e. The second kappa shape index (κ2) is 8.19. The summed E-state index contributed by atoms with van der Waals surface area (Å²) in [5, 5.41) is 7.63. The summed E-state index contributed by atoms with van der Waals surface area (Å²) < 4.78 is 18.4. The van der Waals surface area contributed by atoms with Crippen molar-refractivity contribution in [2.45, 2.75) is 6.04 Å². The highest BCUT2D eigenvalue weighted by molar-refractivity contribution is 9.10. The third-order valence-corrected chi connectivity index (χ3v) is 5.27. The molecule has 0 bridgehead atoms. The number of fused-ring (bicyclic) bond motifs is 1. The molecule has 3 aromatic rings. The SMILES string of the molecule is COC(=O)c1nc2n(n1)C(c1cc(OC)ccc1OC)C=C(c1ccc(Br)cc1)N2. The van der Waals surface area contributed by atoms with Crippen LogP contribution >= 0.6 is 15.9 Å². The number of halogens is 1. The molecule has 30 heavy (non-hydrogen) atoms. The Labute approximate surface area is 181 Å². The molecule has 2 heterocycles. The average molecular weight is 471 g/mol. The lowest BCUT2D eigenvalue weighted by molar-refractivity contribution is 0.0586.